The number of anilines is 1. The van der Waals surface area contributed by atoms with Gasteiger partial charge in [-0.2, -0.15) is 0 Å². The number of terminal acetylenes is 1. The number of benzene rings is 1. The Labute approximate surface area is 98.0 Å². The molecule has 0 bridgehead atoms. The van der Waals surface area contributed by atoms with E-state index in [0.717, 1.165) is 17.7 Å². The van der Waals surface area contributed by atoms with Gasteiger partial charge in [0, 0.05) is 18.8 Å². The summed E-state index contributed by atoms with van der Waals surface area (Å²) in [5.74, 6) is 2.53. The quantitative estimate of drug-likeness (QED) is 0.628. The second-order valence-corrected chi connectivity index (χ2v) is 4.40. The molecule has 0 aliphatic heterocycles. The van der Waals surface area contributed by atoms with Crippen molar-refractivity contribution in [3.05, 3.63) is 23.8 Å². The molecule has 0 aromatic heterocycles. The number of hydrogen-bond acceptors (Lipinski definition) is 3. The van der Waals surface area contributed by atoms with E-state index >= 15 is 0 Å². The molecule has 3 nitrogen and oxygen atoms in total. The van der Waals surface area contributed by atoms with Crippen LogP contribution in [-0.4, -0.2) is 22.0 Å². The Bertz CT molecular complexity index is 478. The Morgan fingerprint density at radius 1 is 1.56 bits per heavy atom. The highest BCUT2D eigenvalue weighted by Crippen LogP contribution is 2.22. The fourth-order valence-corrected chi connectivity index (χ4v) is 1.86. The second kappa shape index (κ2) is 5.57. The molecule has 85 valence electrons. The van der Waals surface area contributed by atoms with Crippen molar-refractivity contribution in [1.82, 2.24) is 0 Å². The fourth-order valence-electron chi connectivity index (χ4n) is 1.46. The lowest BCUT2D eigenvalue weighted by Crippen LogP contribution is -2.18. The van der Waals surface area contributed by atoms with Crippen molar-refractivity contribution < 1.29 is 8.42 Å². The molecule has 0 saturated carbocycles. The number of rotatable bonds is 4. The summed E-state index contributed by atoms with van der Waals surface area (Å²) >= 11 is 0. The zero-order valence-corrected chi connectivity index (χ0v) is 10.3. The molecular formula is C12H14NO2S. The van der Waals surface area contributed by atoms with E-state index in [1.54, 1.807) is 12.1 Å². The molecule has 4 heteroatoms. The van der Waals surface area contributed by atoms with E-state index in [4.69, 9.17) is 6.42 Å². The zero-order valence-electron chi connectivity index (χ0n) is 9.36. The van der Waals surface area contributed by atoms with Gasteiger partial charge >= 0.3 is 0 Å². The monoisotopic (exact) mass is 236 g/mol. The number of hydrogen-bond donors (Lipinski definition) is 1. The predicted molar refractivity (Wildman–Crippen MR) is 65.3 cm³/mol. The van der Waals surface area contributed by atoms with Gasteiger partial charge < -0.3 is 4.90 Å². The molecule has 0 N–H and O–H groups in total. The topological polar surface area (TPSA) is 37.4 Å². The van der Waals surface area contributed by atoms with Crippen molar-refractivity contribution in [2.75, 3.05) is 18.5 Å². The van der Waals surface area contributed by atoms with Crippen LogP contribution in [0.3, 0.4) is 0 Å². The minimum absolute atomic E-state index is 0.200. The molecule has 0 saturated heterocycles. The van der Waals surface area contributed by atoms with Gasteiger partial charge in [-0.1, -0.05) is 12.8 Å². The van der Waals surface area contributed by atoms with Crippen molar-refractivity contribution in [2.45, 2.75) is 18.2 Å². The summed E-state index contributed by atoms with van der Waals surface area (Å²) in [6.07, 6.45) is 6.05. The molecule has 1 aromatic carbocycles. The van der Waals surface area contributed by atoms with Crippen LogP contribution in [0.25, 0.3) is 0 Å². The molecule has 1 radical (unpaired) electrons. The molecule has 0 heterocycles. The molecular weight excluding hydrogens is 222 g/mol. The van der Waals surface area contributed by atoms with Gasteiger partial charge in [-0.25, -0.2) is 8.42 Å². The molecule has 1 rings (SSSR count). The van der Waals surface area contributed by atoms with Crippen LogP contribution in [0.1, 0.15) is 12.5 Å². The molecule has 0 aliphatic carbocycles. The Morgan fingerprint density at radius 3 is 2.75 bits per heavy atom. The Kier molecular flexibility index (Phi) is 4.39. The number of thiol groups is 1. The standard InChI is InChI=1S/C12H14NO2S/c1-4-8-13(3)12-9-11(16(14)15)7-6-10(12)5-2/h1,6,9,16H,5,8H2,2-3H3. The van der Waals surface area contributed by atoms with E-state index < -0.39 is 10.7 Å². The van der Waals surface area contributed by atoms with Gasteiger partial charge in [-0.3, -0.25) is 0 Å². The smallest absolute Gasteiger partial charge is 0.168 e. The Balaban J connectivity index is 3.22. The summed E-state index contributed by atoms with van der Waals surface area (Å²) < 4.78 is 21.8. The van der Waals surface area contributed by atoms with Crippen molar-refractivity contribution in [1.29, 1.82) is 0 Å². The summed E-state index contributed by atoms with van der Waals surface area (Å²) in [4.78, 5) is 2.06. The van der Waals surface area contributed by atoms with Crippen LogP contribution in [0.2, 0.25) is 0 Å². The normalized spacial score (nSPS) is 10.1. The SMILES string of the molecule is C#CCN(C)c1cc([SH](=O)=O)[c]cc1CC. The summed E-state index contributed by atoms with van der Waals surface area (Å²) in [6.45, 7) is 2.46. The lowest BCUT2D eigenvalue weighted by molar-refractivity contribution is 0.614. The third kappa shape index (κ3) is 2.77. The summed E-state index contributed by atoms with van der Waals surface area (Å²) in [5.41, 5.74) is 1.90. The molecule has 0 fully saturated rings. The summed E-state index contributed by atoms with van der Waals surface area (Å²) in [7, 11) is -0.754. The van der Waals surface area contributed by atoms with Crippen LogP contribution in [0, 0.1) is 18.4 Å². The van der Waals surface area contributed by atoms with Gasteiger partial charge in [0.05, 0.1) is 11.4 Å². The first kappa shape index (κ1) is 12.6. The van der Waals surface area contributed by atoms with E-state index in [1.165, 1.54) is 0 Å². The molecule has 0 atom stereocenters. The van der Waals surface area contributed by atoms with Crippen LogP contribution in [0.5, 0.6) is 0 Å². The molecule has 0 amide bonds. The highest BCUT2D eigenvalue weighted by Gasteiger charge is 2.08. The summed E-state index contributed by atoms with van der Waals surface area (Å²) in [5, 5.41) is 0. The van der Waals surface area contributed by atoms with E-state index in [-0.39, 0.29) is 4.90 Å². The minimum Gasteiger partial charge on any atom is -0.363 e. The van der Waals surface area contributed by atoms with Gasteiger partial charge in [0.2, 0.25) is 0 Å². The van der Waals surface area contributed by atoms with E-state index in [1.807, 2.05) is 18.9 Å². The lowest BCUT2D eigenvalue weighted by atomic mass is 10.1. The summed E-state index contributed by atoms with van der Waals surface area (Å²) in [6, 6.07) is 6.07. The molecule has 1 aromatic rings. The van der Waals surface area contributed by atoms with Crippen LogP contribution < -0.4 is 4.90 Å². The van der Waals surface area contributed by atoms with Crippen molar-refractivity contribution in [2.24, 2.45) is 0 Å². The van der Waals surface area contributed by atoms with Crippen LogP contribution in [0.15, 0.2) is 17.0 Å². The zero-order chi connectivity index (χ0) is 12.1. The van der Waals surface area contributed by atoms with E-state index in [2.05, 4.69) is 12.0 Å². The van der Waals surface area contributed by atoms with Crippen LogP contribution in [0.4, 0.5) is 5.69 Å². The van der Waals surface area contributed by atoms with Gasteiger partial charge in [-0.15, -0.1) is 6.42 Å². The number of aryl methyl sites for hydroxylation is 1. The van der Waals surface area contributed by atoms with Gasteiger partial charge in [-0.05, 0) is 24.1 Å². The molecule has 0 unspecified atom stereocenters. The van der Waals surface area contributed by atoms with Crippen molar-refractivity contribution in [3.63, 3.8) is 0 Å². The van der Waals surface area contributed by atoms with Crippen molar-refractivity contribution in [3.8, 4) is 12.3 Å². The third-order valence-electron chi connectivity index (χ3n) is 2.31. The van der Waals surface area contributed by atoms with Gasteiger partial charge in [0.1, 0.15) is 0 Å². The largest absolute Gasteiger partial charge is 0.363 e. The molecule has 0 aliphatic rings. The average molecular weight is 236 g/mol. The maximum absolute atomic E-state index is 10.9. The van der Waals surface area contributed by atoms with Gasteiger partial charge in [0.15, 0.2) is 10.7 Å². The highest BCUT2D eigenvalue weighted by atomic mass is 32.2. The first-order valence-electron chi connectivity index (χ1n) is 4.93. The van der Waals surface area contributed by atoms with E-state index in [9.17, 15) is 8.42 Å². The second-order valence-electron chi connectivity index (χ2n) is 3.40. The number of nitrogens with zero attached hydrogens (tertiary/aromatic N) is 1. The highest BCUT2D eigenvalue weighted by molar-refractivity contribution is 7.72. The molecule has 0 spiro atoms. The maximum Gasteiger partial charge on any atom is 0.168 e. The average Bonchev–Trinajstić information content (AvgIpc) is 2.28. The van der Waals surface area contributed by atoms with Crippen LogP contribution >= 0.6 is 0 Å². The Hall–Kier alpha value is -1.47. The van der Waals surface area contributed by atoms with E-state index in [0.29, 0.717) is 6.54 Å². The first-order valence-corrected chi connectivity index (χ1v) is 6.11. The fraction of sp³-hybridized carbons (Fsp3) is 0.333. The maximum atomic E-state index is 10.9. The Morgan fingerprint density at radius 2 is 2.25 bits per heavy atom. The van der Waals surface area contributed by atoms with Crippen LogP contribution in [-0.2, 0) is 17.1 Å². The third-order valence-corrected chi connectivity index (χ3v) is 2.97. The predicted octanol–water partition coefficient (Wildman–Crippen LogP) is 1.09. The van der Waals surface area contributed by atoms with Gasteiger partial charge in [0.25, 0.3) is 0 Å². The lowest BCUT2D eigenvalue weighted by Gasteiger charge is -2.19. The minimum atomic E-state index is -2.60. The molecule has 16 heavy (non-hydrogen) atoms. The van der Waals surface area contributed by atoms with Crippen molar-refractivity contribution >= 4 is 16.4 Å². The first-order chi connectivity index (χ1) is 7.60.